The molecule has 1 aliphatic rings. The Hall–Kier alpha value is -2.27. The van der Waals surface area contributed by atoms with Crippen LogP contribution in [-0.4, -0.2) is 31.8 Å². The SMILES string of the molecule is CC(NC(=NCCC1CCCCO1)NCCc1ccco1)c1ccccc1. The van der Waals surface area contributed by atoms with Crippen LogP contribution in [-0.2, 0) is 11.2 Å². The molecular weight excluding hydrogens is 338 g/mol. The molecule has 0 spiro atoms. The van der Waals surface area contributed by atoms with Gasteiger partial charge in [-0.25, -0.2) is 0 Å². The number of benzene rings is 1. The number of guanidine groups is 1. The summed E-state index contributed by atoms with van der Waals surface area (Å²) >= 11 is 0. The Kier molecular flexibility index (Phi) is 7.78. The van der Waals surface area contributed by atoms with E-state index in [1.54, 1.807) is 6.26 Å². The van der Waals surface area contributed by atoms with Crippen molar-refractivity contribution in [1.82, 2.24) is 10.6 Å². The Morgan fingerprint density at radius 3 is 2.81 bits per heavy atom. The standard InChI is InChI=1S/C22H31N3O2/c1-18(19-8-3-2-4-9-19)25-22(24-15-13-21-11-7-17-27-21)23-14-12-20-10-5-6-16-26-20/h2-4,7-9,11,17-18,20H,5-6,10,12-16H2,1H3,(H2,23,24,25). The van der Waals surface area contributed by atoms with Crippen molar-refractivity contribution < 1.29 is 9.15 Å². The molecule has 1 aromatic heterocycles. The second kappa shape index (κ2) is 10.8. The van der Waals surface area contributed by atoms with Gasteiger partial charge in [0.2, 0.25) is 0 Å². The Balaban J connectivity index is 1.53. The molecule has 27 heavy (non-hydrogen) atoms. The molecule has 2 aromatic rings. The van der Waals surface area contributed by atoms with Crippen molar-refractivity contribution in [2.75, 3.05) is 19.7 Å². The second-order valence-corrected chi connectivity index (χ2v) is 7.04. The number of nitrogens with one attached hydrogen (secondary N) is 2. The van der Waals surface area contributed by atoms with Crippen LogP contribution in [0.25, 0.3) is 0 Å². The lowest BCUT2D eigenvalue weighted by Gasteiger charge is -2.22. The highest BCUT2D eigenvalue weighted by Gasteiger charge is 2.13. The number of hydrogen-bond donors (Lipinski definition) is 2. The lowest BCUT2D eigenvalue weighted by Crippen LogP contribution is -2.40. The predicted octanol–water partition coefficient (Wildman–Crippen LogP) is 4.08. The van der Waals surface area contributed by atoms with Crippen molar-refractivity contribution in [2.45, 2.75) is 51.2 Å². The first kappa shape index (κ1) is 19.5. The highest BCUT2D eigenvalue weighted by Crippen LogP contribution is 2.15. The molecule has 146 valence electrons. The first-order valence-corrected chi connectivity index (χ1v) is 10.0. The number of furan rings is 1. The van der Waals surface area contributed by atoms with Gasteiger partial charge in [-0.05, 0) is 50.3 Å². The van der Waals surface area contributed by atoms with Gasteiger partial charge in [-0.2, -0.15) is 0 Å². The van der Waals surface area contributed by atoms with Crippen molar-refractivity contribution in [1.29, 1.82) is 0 Å². The molecule has 5 nitrogen and oxygen atoms in total. The Morgan fingerprint density at radius 2 is 2.07 bits per heavy atom. The minimum absolute atomic E-state index is 0.187. The molecule has 3 rings (SSSR count). The van der Waals surface area contributed by atoms with E-state index in [0.29, 0.717) is 6.10 Å². The summed E-state index contributed by atoms with van der Waals surface area (Å²) in [7, 11) is 0. The molecule has 1 fully saturated rings. The monoisotopic (exact) mass is 369 g/mol. The Bertz CT molecular complexity index is 664. The van der Waals surface area contributed by atoms with Crippen molar-refractivity contribution in [3.05, 3.63) is 60.1 Å². The average molecular weight is 370 g/mol. The van der Waals surface area contributed by atoms with Gasteiger partial charge >= 0.3 is 0 Å². The van der Waals surface area contributed by atoms with Crippen LogP contribution >= 0.6 is 0 Å². The summed E-state index contributed by atoms with van der Waals surface area (Å²) in [6, 6.07) is 14.5. The average Bonchev–Trinajstić information content (AvgIpc) is 3.23. The lowest BCUT2D eigenvalue weighted by atomic mass is 10.1. The molecule has 0 saturated carbocycles. The van der Waals surface area contributed by atoms with Gasteiger partial charge in [-0.1, -0.05) is 30.3 Å². The molecule has 0 radical (unpaired) electrons. The summed E-state index contributed by atoms with van der Waals surface area (Å²) < 4.78 is 11.2. The van der Waals surface area contributed by atoms with E-state index in [1.807, 2.05) is 18.2 Å². The van der Waals surface area contributed by atoms with Crippen LogP contribution in [0.3, 0.4) is 0 Å². The first-order valence-electron chi connectivity index (χ1n) is 10.0. The van der Waals surface area contributed by atoms with Gasteiger partial charge in [-0.15, -0.1) is 0 Å². The number of aliphatic imine (C=N–C) groups is 1. The van der Waals surface area contributed by atoms with Crippen LogP contribution in [0.15, 0.2) is 58.1 Å². The predicted molar refractivity (Wildman–Crippen MR) is 109 cm³/mol. The zero-order valence-electron chi connectivity index (χ0n) is 16.2. The number of hydrogen-bond acceptors (Lipinski definition) is 3. The molecular formula is C22H31N3O2. The molecule has 0 aliphatic carbocycles. The smallest absolute Gasteiger partial charge is 0.191 e. The van der Waals surface area contributed by atoms with E-state index in [4.69, 9.17) is 14.1 Å². The minimum Gasteiger partial charge on any atom is -0.469 e. The molecule has 2 heterocycles. The van der Waals surface area contributed by atoms with Crippen LogP contribution in [0.2, 0.25) is 0 Å². The summed E-state index contributed by atoms with van der Waals surface area (Å²) in [6.45, 7) is 4.60. The largest absolute Gasteiger partial charge is 0.469 e. The minimum atomic E-state index is 0.187. The van der Waals surface area contributed by atoms with Crippen molar-refractivity contribution >= 4 is 5.96 Å². The van der Waals surface area contributed by atoms with E-state index < -0.39 is 0 Å². The molecule has 1 aliphatic heterocycles. The Labute approximate surface area is 162 Å². The van der Waals surface area contributed by atoms with E-state index in [1.165, 1.54) is 18.4 Å². The van der Waals surface area contributed by atoms with Gasteiger partial charge in [0, 0.05) is 26.1 Å². The third-order valence-corrected chi connectivity index (χ3v) is 4.89. The molecule has 2 unspecified atom stereocenters. The van der Waals surface area contributed by atoms with E-state index in [0.717, 1.165) is 50.7 Å². The van der Waals surface area contributed by atoms with Crippen LogP contribution in [0.5, 0.6) is 0 Å². The van der Waals surface area contributed by atoms with Crippen LogP contribution in [0, 0.1) is 0 Å². The van der Waals surface area contributed by atoms with Crippen molar-refractivity contribution in [3.8, 4) is 0 Å². The third kappa shape index (κ3) is 6.75. The summed E-state index contributed by atoms with van der Waals surface area (Å²) in [6.07, 6.45) is 7.50. The lowest BCUT2D eigenvalue weighted by molar-refractivity contribution is 0.0129. The maximum absolute atomic E-state index is 5.82. The second-order valence-electron chi connectivity index (χ2n) is 7.04. The normalized spacial score (nSPS) is 18.9. The van der Waals surface area contributed by atoms with Gasteiger partial charge < -0.3 is 19.8 Å². The number of rotatable bonds is 8. The molecule has 2 atom stereocenters. The quantitative estimate of drug-likeness (QED) is 0.544. The number of ether oxygens (including phenoxy) is 1. The zero-order chi connectivity index (χ0) is 18.7. The highest BCUT2D eigenvalue weighted by molar-refractivity contribution is 5.80. The van der Waals surface area contributed by atoms with Gasteiger partial charge in [0.15, 0.2) is 5.96 Å². The maximum atomic E-state index is 5.82. The van der Waals surface area contributed by atoms with Crippen molar-refractivity contribution in [2.24, 2.45) is 4.99 Å². The first-order chi connectivity index (χ1) is 13.3. The summed E-state index contributed by atoms with van der Waals surface area (Å²) in [5.74, 6) is 1.82. The fourth-order valence-corrected chi connectivity index (χ4v) is 3.30. The molecule has 1 aromatic carbocycles. The molecule has 1 saturated heterocycles. The Morgan fingerprint density at radius 1 is 1.19 bits per heavy atom. The van der Waals surface area contributed by atoms with E-state index in [-0.39, 0.29) is 6.04 Å². The topological polar surface area (TPSA) is 58.8 Å². The summed E-state index contributed by atoms with van der Waals surface area (Å²) in [5.41, 5.74) is 1.24. The summed E-state index contributed by atoms with van der Waals surface area (Å²) in [5, 5.41) is 6.95. The molecule has 0 bridgehead atoms. The van der Waals surface area contributed by atoms with E-state index in [2.05, 4.69) is 41.8 Å². The maximum Gasteiger partial charge on any atom is 0.191 e. The van der Waals surface area contributed by atoms with Crippen LogP contribution < -0.4 is 10.6 Å². The highest BCUT2D eigenvalue weighted by atomic mass is 16.5. The molecule has 0 amide bonds. The van der Waals surface area contributed by atoms with E-state index in [9.17, 15) is 0 Å². The fourth-order valence-electron chi connectivity index (χ4n) is 3.30. The van der Waals surface area contributed by atoms with Gasteiger partial charge in [0.1, 0.15) is 5.76 Å². The zero-order valence-corrected chi connectivity index (χ0v) is 16.2. The van der Waals surface area contributed by atoms with E-state index >= 15 is 0 Å². The van der Waals surface area contributed by atoms with Gasteiger partial charge in [0.25, 0.3) is 0 Å². The molecule has 2 N–H and O–H groups in total. The number of nitrogens with zero attached hydrogens (tertiary/aromatic N) is 1. The van der Waals surface area contributed by atoms with Crippen LogP contribution in [0.1, 0.15) is 50.0 Å². The van der Waals surface area contributed by atoms with Gasteiger partial charge in [0.05, 0.1) is 18.4 Å². The molecule has 5 heteroatoms. The van der Waals surface area contributed by atoms with Crippen molar-refractivity contribution in [3.63, 3.8) is 0 Å². The van der Waals surface area contributed by atoms with Gasteiger partial charge in [-0.3, -0.25) is 4.99 Å². The summed E-state index contributed by atoms with van der Waals surface area (Å²) in [4.78, 5) is 4.79. The fraction of sp³-hybridized carbons (Fsp3) is 0.500. The van der Waals surface area contributed by atoms with Crippen LogP contribution in [0.4, 0.5) is 0 Å². The third-order valence-electron chi connectivity index (χ3n) is 4.89.